The normalized spacial score (nSPS) is 15.8. The number of aldehydes is 1. The molecule has 2 N–H and O–H groups in total. The molecular weight excluding hydrogens is 362 g/mol. The van der Waals surface area contributed by atoms with Gasteiger partial charge in [-0.15, -0.1) is 0 Å². The van der Waals surface area contributed by atoms with Crippen LogP contribution in [0.15, 0.2) is 36.4 Å². The van der Waals surface area contributed by atoms with Crippen molar-refractivity contribution in [2.45, 2.75) is 13.0 Å². The number of rotatable bonds is 5. The van der Waals surface area contributed by atoms with Crippen LogP contribution in [0, 0.1) is 0 Å². The molecule has 1 unspecified atom stereocenters. The molecule has 1 aliphatic heterocycles. The SMILES string of the molecule is CCOC(=O)N1CCN(C(C=O)C(=O)Nc2ccc3c(O)cccc3c2)CC1. The highest BCUT2D eigenvalue weighted by Crippen LogP contribution is 2.26. The molecule has 2 aromatic carbocycles. The Labute approximate surface area is 162 Å². The molecule has 1 fully saturated rings. The number of anilines is 1. The van der Waals surface area contributed by atoms with Crippen molar-refractivity contribution in [3.63, 3.8) is 0 Å². The van der Waals surface area contributed by atoms with Gasteiger partial charge in [0, 0.05) is 37.3 Å². The Kier molecular flexibility index (Phi) is 6.10. The van der Waals surface area contributed by atoms with Gasteiger partial charge in [0.15, 0.2) is 0 Å². The predicted molar refractivity (Wildman–Crippen MR) is 104 cm³/mol. The van der Waals surface area contributed by atoms with Crippen molar-refractivity contribution in [3.05, 3.63) is 36.4 Å². The minimum atomic E-state index is -0.941. The molecule has 8 heteroatoms. The third-order valence-electron chi connectivity index (χ3n) is 4.76. The fraction of sp³-hybridized carbons (Fsp3) is 0.350. The lowest BCUT2D eigenvalue weighted by Crippen LogP contribution is -2.55. The number of benzene rings is 2. The van der Waals surface area contributed by atoms with Crippen molar-refractivity contribution in [2.24, 2.45) is 0 Å². The second-order valence-corrected chi connectivity index (χ2v) is 6.51. The van der Waals surface area contributed by atoms with Crippen LogP contribution in [-0.4, -0.2) is 72.0 Å². The van der Waals surface area contributed by atoms with Gasteiger partial charge in [0.1, 0.15) is 18.1 Å². The highest BCUT2D eigenvalue weighted by molar-refractivity contribution is 6.05. The molecule has 0 aromatic heterocycles. The molecule has 0 saturated carbocycles. The van der Waals surface area contributed by atoms with Gasteiger partial charge < -0.3 is 24.9 Å². The summed E-state index contributed by atoms with van der Waals surface area (Å²) in [6, 6.07) is 9.35. The molecule has 28 heavy (non-hydrogen) atoms. The Morgan fingerprint density at radius 2 is 1.96 bits per heavy atom. The summed E-state index contributed by atoms with van der Waals surface area (Å²) in [6.07, 6.45) is 0.232. The summed E-state index contributed by atoms with van der Waals surface area (Å²) in [5, 5.41) is 14.1. The summed E-state index contributed by atoms with van der Waals surface area (Å²) in [4.78, 5) is 39.3. The molecule has 148 valence electrons. The average Bonchev–Trinajstić information content (AvgIpc) is 2.69. The van der Waals surface area contributed by atoms with E-state index in [1.807, 2.05) is 6.07 Å². The number of carbonyl (C=O) groups is 3. The van der Waals surface area contributed by atoms with Crippen molar-refractivity contribution >= 4 is 34.7 Å². The minimum Gasteiger partial charge on any atom is -0.507 e. The van der Waals surface area contributed by atoms with Gasteiger partial charge in [0.2, 0.25) is 5.91 Å². The summed E-state index contributed by atoms with van der Waals surface area (Å²) >= 11 is 0. The number of piperazine rings is 1. The maximum Gasteiger partial charge on any atom is 0.409 e. The molecule has 3 rings (SSSR count). The smallest absolute Gasteiger partial charge is 0.409 e. The maximum absolute atomic E-state index is 12.6. The molecule has 2 amide bonds. The summed E-state index contributed by atoms with van der Waals surface area (Å²) in [7, 11) is 0. The highest BCUT2D eigenvalue weighted by Gasteiger charge is 2.30. The molecule has 0 aliphatic carbocycles. The van der Waals surface area contributed by atoms with Gasteiger partial charge in [-0.25, -0.2) is 4.79 Å². The number of fused-ring (bicyclic) bond motifs is 1. The number of aromatic hydroxyl groups is 1. The van der Waals surface area contributed by atoms with E-state index < -0.39 is 11.9 Å². The lowest BCUT2D eigenvalue weighted by Gasteiger charge is -2.36. The van der Waals surface area contributed by atoms with Crippen LogP contribution in [0.2, 0.25) is 0 Å². The van der Waals surface area contributed by atoms with Crippen LogP contribution in [0.25, 0.3) is 10.8 Å². The quantitative estimate of drug-likeness (QED) is 0.602. The number of carbonyl (C=O) groups excluding carboxylic acids is 3. The van der Waals surface area contributed by atoms with E-state index in [-0.39, 0.29) is 11.8 Å². The van der Waals surface area contributed by atoms with E-state index in [4.69, 9.17) is 4.74 Å². The molecule has 2 aromatic rings. The van der Waals surface area contributed by atoms with Crippen molar-refractivity contribution < 1.29 is 24.2 Å². The zero-order chi connectivity index (χ0) is 20.1. The molecule has 8 nitrogen and oxygen atoms in total. The Bertz CT molecular complexity index is 877. The number of phenolic OH excluding ortho intramolecular Hbond substituents is 1. The van der Waals surface area contributed by atoms with E-state index in [1.165, 1.54) is 0 Å². The van der Waals surface area contributed by atoms with E-state index in [1.54, 1.807) is 47.1 Å². The molecule has 0 spiro atoms. The lowest BCUT2D eigenvalue weighted by molar-refractivity contribution is -0.127. The van der Waals surface area contributed by atoms with Gasteiger partial charge >= 0.3 is 6.09 Å². The second kappa shape index (κ2) is 8.71. The van der Waals surface area contributed by atoms with Gasteiger partial charge in [-0.2, -0.15) is 0 Å². The van der Waals surface area contributed by atoms with Crippen molar-refractivity contribution in [2.75, 3.05) is 38.1 Å². The van der Waals surface area contributed by atoms with Crippen LogP contribution in [-0.2, 0) is 14.3 Å². The Morgan fingerprint density at radius 3 is 2.64 bits per heavy atom. The van der Waals surface area contributed by atoms with Crippen LogP contribution < -0.4 is 5.32 Å². The monoisotopic (exact) mass is 385 g/mol. The minimum absolute atomic E-state index is 0.167. The number of nitrogens with zero attached hydrogens (tertiary/aromatic N) is 2. The van der Waals surface area contributed by atoms with Gasteiger partial charge in [-0.3, -0.25) is 9.69 Å². The van der Waals surface area contributed by atoms with Gasteiger partial charge in [0.25, 0.3) is 0 Å². The van der Waals surface area contributed by atoms with Gasteiger partial charge in [0.05, 0.1) is 6.61 Å². The van der Waals surface area contributed by atoms with Gasteiger partial charge in [-0.1, -0.05) is 12.1 Å². The number of hydrogen-bond acceptors (Lipinski definition) is 6. The number of amides is 2. The Balaban J connectivity index is 1.64. The second-order valence-electron chi connectivity index (χ2n) is 6.51. The summed E-state index contributed by atoms with van der Waals surface area (Å²) in [5.41, 5.74) is 0.542. The number of hydrogen-bond donors (Lipinski definition) is 2. The Hall–Kier alpha value is -3.13. The van der Waals surface area contributed by atoms with E-state index in [0.29, 0.717) is 50.1 Å². The van der Waals surface area contributed by atoms with Crippen LogP contribution in [0.5, 0.6) is 5.75 Å². The number of ether oxygens (including phenoxy) is 1. The molecular formula is C20H23N3O5. The summed E-state index contributed by atoms with van der Waals surface area (Å²) in [5.74, 6) is -0.264. The molecule has 0 bridgehead atoms. The molecule has 1 aliphatic rings. The average molecular weight is 385 g/mol. The van der Waals surface area contributed by atoms with E-state index in [2.05, 4.69) is 5.32 Å². The largest absolute Gasteiger partial charge is 0.507 e. The fourth-order valence-corrected chi connectivity index (χ4v) is 3.27. The van der Waals surface area contributed by atoms with Crippen molar-refractivity contribution in [1.82, 2.24) is 9.80 Å². The Morgan fingerprint density at radius 1 is 1.21 bits per heavy atom. The number of nitrogens with one attached hydrogen (secondary N) is 1. The third kappa shape index (κ3) is 4.23. The van der Waals surface area contributed by atoms with Crippen molar-refractivity contribution in [1.29, 1.82) is 0 Å². The summed E-state index contributed by atoms with van der Waals surface area (Å²) in [6.45, 7) is 3.65. The fourth-order valence-electron chi connectivity index (χ4n) is 3.27. The van der Waals surface area contributed by atoms with E-state index >= 15 is 0 Å². The van der Waals surface area contributed by atoms with Crippen LogP contribution in [0.1, 0.15) is 6.92 Å². The first-order chi connectivity index (χ1) is 13.5. The topological polar surface area (TPSA) is 99.2 Å². The van der Waals surface area contributed by atoms with Crippen LogP contribution in [0.3, 0.4) is 0 Å². The first-order valence-electron chi connectivity index (χ1n) is 9.17. The number of phenols is 1. The zero-order valence-corrected chi connectivity index (χ0v) is 15.6. The standard InChI is InChI=1S/C20H23N3O5/c1-2-28-20(27)23-10-8-22(9-11-23)17(13-24)19(26)21-15-6-7-16-14(12-15)4-3-5-18(16)25/h3-7,12-13,17,25H,2,8-11H2,1H3,(H,21,26). The molecule has 1 saturated heterocycles. The van der Waals surface area contributed by atoms with Crippen LogP contribution in [0.4, 0.5) is 10.5 Å². The van der Waals surface area contributed by atoms with Gasteiger partial charge in [-0.05, 0) is 36.6 Å². The van der Waals surface area contributed by atoms with Crippen LogP contribution >= 0.6 is 0 Å². The van der Waals surface area contributed by atoms with E-state index in [9.17, 15) is 19.5 Å². The first-order valence-corrected chi connectivity index (χ1v) is 9.17. The molecule has 1 atom stereocenters. The van der Waals surface area contributed by atoms with E-state index in [0.717, 1.165) is 5.39 Å². The molecule has 1 heterocycles. The highest BCUT2D eigenvalue weighted by atomic mass is 16.6. The van der Waals surface area contributed by atoms with Crippen molar-refractivity contribution in [3.8, 4) is 5.75 Å². The molecule has 0 radical (unpaired) electrons. The summed E-state index contributed by atoms with van der Waals surface area (Å²) < 4.78 is 4.98. The third-order valence-corrected chi connectivity index (χ3v) is 4.76. The zero-order valence-electron chi connectivity index (χ0n) is 15.6. The first kappa shape index (κ1) is 19.6. The predicted octanol–water partition coefficient (Wildman–Crippen LogP) is 1.83. The maximum atomic E-state index is 12.6. The lowest BCUT2D eigenvalue weighted by atomic mass is 10.1.